The lowest BCUT2D eigenvalue weighted by molar-refractivity contribution is -0.138. The second kappa shape index (κ2) is 8.64. The summed E-state index contributed by atoms with van der Waals surface area (Å²) in [5.74, 6) is 0.534. The summed E-state index contributed by atoms with van der Waals surface area (Å²) in [4.78, 5) is 11.5. The number of esters is 1. The van der Waals surface area contributed by atoms with Gasteiger partial charge < -0.3 is 14.8 Å². The number of nitriles is 1. The third-order valence-corrected chi connectivity index (χ3v) is 2.42. The minimum Gasteiger partial charge on any atom is -0.493 e. The molecular formula is C16H20N2O3. The van der Waals surface area contributed by atoms with Gasteiger partial charge in [-0.1, -0.05) is 19.9 Å². The number of ether oxygens (including phenoxy) is 2. The van der Waals surface area contributed by atoms with Crippen molar-refractivity contribution in [3.05, 3.63) is 36.0 Å². The molecule has 5 nitrogen and oxygen atoms in total. The molecule has 21 heavy (non-hydrogen) atoms. The van der Waals surface area contributed by atoms with Crippen molar-refractivity contribution < 1.29 is 14.3 Å². The lowest BCUT2D eigenvalue weighted by atomic mass is 10.2. The maximum atomic E-state index is 11.5. The van der Waals surface area contributed by atoms with Crippen molar-refractivity contribution in [3.8, 4) is 11.8 Å². The molecule has 0 heterocycles. The minimum absolute atomic E-state index is 0.0784. The number of nitrogens with zero attached hydrogens (tertiary/aromatic N) is 1. The highest BCUT2D eigenvalue weighted by molar-refractivity contribution is 5.93. The average Bonchev–Trinajstić information content (AvgIpc) is 2.46. The number of hydrogen-bond acceptors (Lipinski definition) is 5. The summed E-state index contributed by atoms with van der Waals surface area (Å²) in [6.07, 6.45) is 1.33. The van der Waals surface area contributed by atoms with Crippen LogP contribution < -0.4 is 10.1 Å². The van der Waals surface area contributed by atoms with Crippen molar-refractivity contribution in [2.45, 2.75) is 20.8 Å². The molecule has 0 spiro atoms. The zero-order valence-electron chi connectivity index (χ0n) is 12.6. The van der Waals surface area contributed by atoms with Gasteiger partial charge in [0.05, 0.1) is 13.2 Å². The van der Waals surface area contributed by atoms with Crippen LogP contribution in [0.2, 0.25) is 0 Å². The van der Waals surface area contributed by atoms with Gasteiger partial charge in [-0.25, -0.2) is 4.79 Å². The molecule has 1 aromatic carbocycles. The van der Waals surface area contributed by atoms with Gasteiger partial charge in [0.15, 0.2) is 5.57 Å². The van der Waals surface area contributed by atoms with Crippen LogP contribution in [0.3, 0.4) is 0 Å². The summed E-state index contributed by atoms with van der Waals surface area (Å²) in [6.45, 7) is 6.70. The molecule has 112 valence electrons. The first-order valence-corrected chi connectivity index (χ1v) is 6.83. The first kappa shape index (κ1) is 16.6. The van der Waals surface area contributed by atoms with Crippen LogP contribution in [0.25, 0.3) is 0 Å². The Bertz CT molecular complexity index is 545. The molecule has 0 radical (unpaired) electrons. The molecule has 0 bridgehead atoms. The standard InChI is InChI=1S/C16H20N2O3/c1-4-20-16(19)13(9-17)10-18-14-6-5-7-15(8-14)21-11-12(2)3/h5-8,10,12,18H,4,11H2,1-3H3/b13-10+. The van der Waals surface area contributed by atoms with Gasteiger partial charge in [-0.3, -0.25) is 0 Å². The number of carbonyl (C=O) groups is 1. The van der Waals surface area contributed by atoms with Crippen LogP contribution in [0.1, 0.15) is 20.8 Å². The van der Waals surface area contributed by atoms with Crippen LogP contribution in [0.4, 0.5) is 5.69 Å². The van der Waals surface area contributed by atoms with Gasteiger partial charge in [-0.15, -0.1) is 0 Å². The second-order valence-electron chi connectivity index (χ2n) is 4.77. The molecule has 0 atom stereocenters. The van der Waals surface area contributed by atoms with Crippen molar-refractivity contribution >= 4 is 11.7 Å². The van der Waals surface area contributed by atoms with Gasteiger partial charge in [0.1, 0.15) is 11.8 Å². The number of anilines is 1. The molecule has 0 saturated heterocycles. The minimum atomic E-state index is -0.639. The summed E-state index contributed by atoms with van der Waals surface area (Å²) < 4.78 is 10.4. The fourth-order valence-corrected chi connectivity index (χ4v) is 1.44. The monoisotopic (exact) mass is 288 g/mol. The SMILES string of the molecule is CCOC(=O)/C(C#N)=C/Nc1cccc(OCC(C)C)c1. The Hall–Kier alpha value is -2.48. The van der Waals surface area contributed by atoms with E-state index in [1.165, 1.54) is 6.20 Å². The van der Waals surface area contributed by atoms with Gasteiger partial charge in [-0.2, -0.15) is 5.26 Å². The predicted molar refractivity (Wildman–Crippen MR) is 80.7 cm³/mol. The highest BCUT2D eigenvalue weighted by Crippen LogP contribution is 2.18. The molecule has 0 aromatic heterocycles. The number of rotatable bonds is 7. The van der Waals surface area contributed by atoms with E-state index in [0.717, 1.165) is 11.4 Å². The Balaban J connectivity index is 2.72. The molecule has 0 saturated carbocycles. The highest BCUT2D eigenvalue weighted by Gasteiger charge is 2.09. The van der Waals surface area contributed by atoms with Gasteiger partial charge >= 0.3 is 5.97 Å². The average molecular weight is 288 g/mol. The van der Waals surface area contributed by atoms with Gasteiger partial charge in [0, 0.05) is 18.0 Å². The number of hydrogen-bond donors (Lipinski definition) is 1. The van der Waals surface area contributed by atoms with Crippen LogP contribution in [0.15, 0.2) is 36.0 Å². The number of nitrogens with one attached hydrogen (secondary N) is 1. The van der Waals surface area contributed by atoms with Crippen molar-refractivity contribution in [3.63, 3.8) is 0 Å². The van der Waals surface area contributed by atoms with Crippen LogP contribution >= 0.6 is 0 Å². The van der Waals surface area contributed by atoms with E-state index in [9.17, 15) is 4.79 Å². The Labute approximate surface area is 125 Å². The van der Waals surface area contributed by atoms with Crippen molar-refractivity contribution in [1.29, 1.82) is 5.26 Å². The lowest BCUT2D eigenvalue weighted by Crippen LogP contribution is -2.08. The Morgan fingerprint density at radius 3 is 2.86 bits per heavy atom. The van der Waals surface area contributed by atoms with Gasteiger partial charge in [0.2, 0.25) is 0 Å². The van der Waals surface area contributed by atoms with E-state index in [1.807, 2.05) is 18.2 Å². The normalized spacial score (nSPS) is 10.9. The fourth-order valence-electron chi connectivity index (χ4n) is 1.44. The number of carbonyl (C=O) groups excluding carboxylic acids is 1. The van der Waals surface area contributed by atoms with E-state index < -0.39 is 5.97 Å². The lowest BCUT2D eigenvalue weighted by Gasteiger charge is -2.10. The first-order chi connectivity index (χ1) is 10.1. The molecule has 0 aliphatic carbocycles. The molecule has 0 amide bonds. The summed E-state index contributed by atoms with van der Waals surface area (Å²) in [5.41, 5.74) is 0.652. The largest absolute Gasteiger partial charge is 0.493 e. The maximum absolute atomic E-state index is 11.5. The quantitative estimate of drug-likeness (QED) is 0.474. The molecule has 0 unspecified atom stereocenters. The Kier molecular flexibility index (Phi) is 6.82. The number of benzene rings is 1. The van der Waals surface area contributed by atoms with Crippen molar-refractivity contribution in [2.24, 2.45) is 5.92 Å². The third-order valence-electron chi connectivity index (χ3n) is 2.42. The van der Waals surface area contributed by atoms with Gasteiger partial charge in [-0.05, 0) is 25.0 Å². The zero-order chi connectivity index (χ0) is 15.7. The summed E-state index contributed by atoms with van der Waals surface area (Å²) in [5, 5.41) is 11.8. The molecule has 5 heteroatoms. The van der Waals surface area contributed by atoms with E-state index in [4.69, 9.17) is 14.7 Å². The van der Waals surface area contributed by atoms with Crippen molar-refractivity contribution in [1.82, 2.24) is 0 Å². The fraction of sp³-hybridized carbons (Fsp3) is 0.375. The van der Waals surface area contributed by atoms with E-state index >= 15 is 0 Å². The summed E-state index contributed by atoms with van der Waals surface area (Å²) >= 11 is 0. The van der Waals surface area contributed by atoms with Crippen molar-refractivity contribution in [2.75, 3.05) is 18.5 Å². The molecule has 0 aliphatic heterocycles. The Morgan fingerprint density at radius 1 is 1.48 bits per heavy atom. The van der Waals surface area contributed by atoms with E-state index in [0.29, 0.717) is 12.5 Å². The van der Waals surface area contributed by atoms with E-state index in [-0.39, 0.29) is 12.2 Å². The predicted octanol–water partition coefficient (Wildman–Crippen LogP) is 3.10. The highest BCUT2D eigenvalue weighted by atomic mass is 16.5. The molecular weight excluding hydrogens is 268 g/mol. The van der Waals surface area contributed by atoms with Crippen LogP contribution in [-0.2, 0) is 9.53 Å². The van der Waals surface area contributed by atoms with E-state index in [1.54, 1.807) is 19.1 Å². The summed E-state index contributed by atoms with van der Waals surface area (Å²) in [7, 11) is 0. The molecule has 1 N–H and O–H groups in total. The van der Waals surface area contributed by atoms with Crippen LogP contribution in [0, 0.1) is 17.2 Å². The van der Waals surface area contributed by atoms with Crippen LogP contribution in [-0.4, -0.2) is 19.2 Å². The smallest absolute Gasteiger partial charge is 0.350 e. The Morgan fingerprint density at radius 2 is 2.24 bits per heavy atom. The molecule has 0 fully saturated rings. The molecule has 0 aliphatic rings. The van der Waals surface area contributed by atoms with Crippen LogP contribution in [0.5, 0.6) is 5.75 Å². The molecule has 1 rings (SSSR count). The third kappa shape index (κ3) is 6.00. The van der Waals surface area contributed by atoms with Gasteiger partial charge in [0.25, 0.3) is 0 Å². The zero-order valence-corrected chi connectivity index (χ0v) is 12.6. The van der Waals surface area contributed by atoms with E-state index in [2.05, 4.69) is 19.2 Å². The maximum Gasteiger partial charge on any atom is 0.350 e. The topological polar surface area (TPSA) is 71.4 Å². The second-order valence-corrected chi connectivity index (χ2v) is 4.77. The molecule has 1 aromatic rings. The first-order valence-electron chi connectivity index (χ1n) is 6.83. The summed E-state index contributed by atoms with van der Waals surface area (Å²) in [6, 6.07) is 9.12.